The van der Waals surface area contributed by atoms with Gasteiger partial charge in [-0.25, -0.2) is 0 Å². The van der Waals surface area contributed by atoms with E-state index in [1.165, 1.54) is 0 Å². The summed E-state index contributed by atoms with van der Waals surface area (Å²) in [5.41, 5.74) is 0.955. The Kier molecular flexibility index (Phi) is 6.99. The van der Waals surface area contributed by atoms with Crippen LogP contribution in [0.4, 0.5) is 0 Å². The number of amides is 1. The van der Waals surface area contributed by atoms with Gasteiger partial charge in [-0.1, -0.05) is 37.6 Å². The van der Waals surface area contributed by atoms with E-state index in [1.807, 2.05) is 26.0 Å². The molecule has 0 fully saturated rings. The van der Waals surface area contributed by atoms with Crippen LogP contribution in [0.1, 0.15) is 33.3 Å². The van der Waals surface area contributed by atoms with Crippen molar-refractivity contribution in [2.75, 3.05) is 13.7 Å². The van der Waals surface area contributed by atoms with E-state index in [-0.39, 0.29) is 18.6 Å². The highest BCUT2D eigenvalue weighted by molar-refractivity contribution is 6.32. The van der Waals surface area contributed by atoms with E-state index in [1.54, 1.807) is 18.0 Å². The number of likely N-dealkylation sites (N-methyl/N-ethyl adjacent to an activating group) is 1. The van der Waals surface area contributed by atoms with E-state index >= 15 is 0 Å². The van der Waals surface area contributed by atoms with Crippen LogP contribution in [-0.4, -0.2) is 36.5 Å². The zero-order chi connectivity index (χ0) is 16.0. The highest BCUT2D eigenvalue weighted by Crippen LogP contribution is 2.28. The van der Waals surface area contributed by atoms with Crippen LogP contribution in [0.2, 0.25) is 5.02 Å². The Morgan fingerprint density at radius 2 is 2.00 bits per heavy atom. The van der Waals surface area contributed by atoms with Crippen LogP contribution in [0.15, 0.2) is 18.2 Å². The zero-order valence-electron chi connectivity index (χ0n) is 13.4. The summed E-state index contributed by atoms with van der Waals surface area (Å²) >= 11 is 6.19. The van der Waals surface area contributed by atoms with Gasteiger partial charge in [-0.15, -0.1) is 0 Å². The summed E-state index contributed by atoms with van der Waals surface area (Å²) in [6.07, 6.45) is 0. The number of carbonyl (C=O) groups is 1. The second kappa shape index (κ2) is 8.25. The molecule has 1 aromatic rings. The van der Waals surface area contributed by atoms with Gasteiger partial charge in [0.05, 0.1) is 5.02 Å². The maximum Gasteiger partial charge on any atom is 0.260 e. The molecule has 1 N–H and O–H groups in total. The Balaban J connectivity index is 2.75. The number of ether oxygens (including phenoxy) is 1. The van der Waals surface area contributed by atoms with E-state index in [2.05, 4.69) is 19.2 Å². The molecule has 0 aliphatic heterocycles. The number of carbonyl (C=O) groups excluding carboxylic acids is 1. The molecule has 1 aromatic carbocycles. The summed E-state index contributed by atoms with van der Waals surface area (Å²) in [6.45, 7) is 8.73. The number of rotatable bonds is 7. The fraction of sp³-hybridized carbons (Fsp3) is 0.562. The minimum Gasteiger partial charge on any atom is -0.482 e. The van der Waals surface area contributed by atoms with Crippen LogP contribution < -0.4 is 10.1 Å². The summed E-state index contributed by atoms with van der Waals surface area (Å²) in [7, 11) is 1.77. The summed E-state index contributed by atoms with van der Waals surface area (Å²) in [5.74, 6) is 0.519. The Labute approximate surface area is 132 Å². The van der Waals surface area contributed by atoms with E-state index in [4.69, 9.17) is 16.3 Å². The number of hydrogen-bond acceptors (Lipinski definition) is 3. The van der Waals surface area contributed by atoms with Crippen molar-refractivity contribution in [3.05, 3.63) is 28.8 Å². The molecule has 118 valence electrons. The van der Waals surface area contributed by atoms with Gasteiger partial charge in [-0.05, 0) is 19.9 Å². The van der Waals surface area contributed by atoms with Crippen molar-refractivity contribution in [2.24, 2.45) is 0 Å². The molecular formula is C16H25ClN2O2. The van der Waals surface area contributed by atoms with Crippen molar-refractivity contribution < 1.29 is 9.53 Å². The van der Waals surface area contributed by atoms with Crippen molar-refractivity contribution >= 4 is 17.5 Å². The molecule has 0 aliphatic carbocycles. The predicted molar refractivity (Wildman–Crippen MR) is 86.8 cm³/mol. The van der Waals surface area contributed by atoms with Gasteiger partial charge in [0.2, 0.25) is 0 Å². The summed E-state index contributed by atoms with van der Waals surface area (Å²) in [5, 5.41) is 3.85. The second-order valence-electron chi connectivity index (χ2n) is 5.65. The monoisotopic (exact) mass is 312 g/mol. The van der Waals surface area contributed by atoms with Gasteiger partial charge in [0.1, 0.15) is 5.75 Å². The summed E-state index contributed by atoms with van der Waals surface area (Å²) < 4.78 is 5.67. The minimum atomic E-state index is -0.0623. The van der Waals surface area contributed by atoms with Crippen LogP contribution in [0.25, 0.3) is 0 Å². The highest BCUT2D eigenvalue weighted by atomic mass is 35.5. The lowest BCUT2D eigenvalue weighted by molar-refractivity contribution is -0.133. The quantitative estimate of drug-likeness (QED) is 0.841. The van der Waals surface area contributed by atoms with Gasteiger partial charge in [-0.2, -0.15) is 0 Å². The number of nitrogens with zero attached hydrogens (tertiary/aromatic N) is 1. The molecule has 0 heterocycles. The standard InChI is InChI=1S/C16H25ClN2O2/c1-11(2)18-9-13-7-6-8-14(17)16(13)21-10-15(20)19(5)12(3)4/h6-8,11-12,18H,9-10H2,1-5H3. The Morgan fingerprint density at radius 1 is 1.33 bits per heavy atom. The predicted octanol–water partition coefficient (Wildman–Crippen LogP) is 3.08. The summed E-state index contributed by atoms with van der Waals surface area (Å²) in [4.78, 5) is 13.6. The van der Waals surface area contributed by atoms with E-state index in [0.717, 1.165) is 5.56 Å². The van der Waals surface area contributed by atoms with Crippen molar-refractivity contribution in [3.8, 4) is 5.75 Å². The molecule has 0 bridgehead atoms. The lowest BCUT2D eigenvalue weighted by Gasteiger charge is -2.22. The third kappa shape index (κ3) is 5.56. The fourth-order valence-corrected chi connectivity index (χ4v) is 1.94. The SMILES string of the molecule is CC(C)NCc1cccc(Cl)c1OCC(=O)N(C)C(C)C. The molecular weight excluding hydrogens is 288 g/mol. The topological polar surface area (TPSA) is 41.6 Å². The molecule has 0 unspecified atom stereocenters. The summed E-state index contributed by atoms with van der Waals surface area (Å²) in [6, 6.07) is 6.12. The van der Waals surface area contributed by atoms with E-state index in [0.29, 0.717) is 23.4 Å². The first kappa shape index (κ1) is 17.8. The normalized spacial score (nSPS) is 11.0. The van der Waals surface area contributed by atoms with Crippen molar-refractivity contribution in [2.45, 2.75) is 46.3 Å². The molecule has 0 atom stereocenters. The molecule has 0 radical (unpaired) electrons. The molecule has 1 rings (SSSR count). The fourth-order valence-electron chi connectivity index (χ4n) is 1.69. The van der Waals surface area contributed by atoms with Gasteiger partial charge >= 0.3 is 0 Å². The van der Waals surface area contributed by atoms with Gasteiger partial charge in [0.25, 0.3) is 5.91 Å². The number of nitrogens with one attached hydrogen (secondary N) is 1. The van der Waals surface area contributed by atoms with Gasteiger partial charge in [0.15, 0.2) is 6.61 Å². The van der Waals surface area contributed by atoms with Gasteiger partial charge in [-0.3, -0.25) is 4.79 Å². The number of para-hydroxylation sites is 1. The van der Waals surface area contributed by atoms with Crippen LogP contribution in [0.5, 0.6) is 5.75 Å². The average Bonchev–Trinajstić information content (AvgIpc) is 2.42. The molecule has 4 nitrogen and oxygen atoms in total. The van der Waals surface area contributed by atoms with Crippen molar-refractivity contribution in [1.82, 2.24) is 10.2 Å². The van der Waals surface area contributed by atoms with Crippen LogP contribution in [-0.2, 0) is 11.3 Å². The van der Waals surface area contributed by atoms with Crippen LogP contribution in [0.3, 0.4) is 0 Å². The lowest BCUT2D eigenvalue weighted by atomic mass is 10.2. The van der Waals surface area contributed by atoms with Crippen LogP contribution >= 0.6 is 11.6 Å². The van der Waals surface area contributed by atoms with Crippen molar-refractivity contribution in [3.63, 3.8) is 0 Å². The Hall–Kier alpha value is -1.26. The first-order valence-electron chi connectivity index (χ1n) is 7.22. The van der Waals surface area contributed by atoms with Gasteiger partial charge < -0.3 is 15.0 Å². The number of halogens is 1. The third-order valence-electron chi connectivity index (χ3n) is 3.26. The van der Waals surface area contributed by atoms with E-state index in [9.17, 15) is 4.79 Å². The maximum atomic E-state index is 12.0. The molecule has 5 heteroatoms. The second-order valence-corrected chi connectivity index (χ2v) is 6.06. The molecule has 0 spiro atoms. The molecule has 0 aromatic heterocycles. The smallest absolute Gasteiger partial charge is 0.260 e. The van der Waals surface area contributed by atoms with E-state index < -0.39 is 0 Å². The Bertz CT molecular complexity index is 475. The number of hydrogen-bond donors (Lipinski definition) is 1. The third-order valence-corrected chi connectivity index (χ3v) is 3.55. The zero-order valence-corrected chi connectivity index (χ0v) is 14.2. The first-order valence-corrected chi connectivity index (χ1v) is 7.60. The highest BCUT2D eigenvalue weighted by Gasteiger charge is 2.15. The van der Waals surface area contributed by atoms with Crippen molar-refractivity contribution in [1.29, 1.82) is 0 Å². The molecule has 0 saturated heterocycles. The number of benzene rings is 1. The molecule has 1 amide bonds. The molecule has 21 heavy (non-hydrogen) atoms. The first-order chi connectivity index (χ1) is 9.82. The van der Waals surface area contributed by atoms with Gasteiger partial charge in [0, 0.05) is 31.2 Å². The molecule has 0 aliphatic rings. The largest absolute Gasteiger partial charge is 0.482 e. The lowest BCUT2D eigenvalue weighted by Crippen LogP contribution is -2.36. The maximum absolute atomic E-state index is 12.0. The molecule has 0 saturated carbocycles. The average molecular weight is 313 g/mol. The minimum absolute atomic E-state index is 0.00685. The van der Waals surface area contributed by atoms with Crippen LogP contribution in [0, 0.1) is 0 Å². The Morgan fingerprint density at radius 3 is 2.57 bits per heavy atom.